The molecule has 112 valence electrons. The summed E-state index contributed by atoms with van der Waals surface area (Å²) in [5, 5.41) is 9.44. The van der Waals surface area contributed by atoms with Gasteiger partial charge in [-0.05, 0) is 24.4 Å². The molecular formula is C16H15N3O2S. The molecule has 0 bridgehead atoms. The van der Waals surface area contributed by atoms with Crippen LogP contribution in [-0.4, -0.2) is 27.5 Å². The van der Waals surface area contributed by atoms with Gasteiger partial charge in [0.25, 0.3) is 11.5 Å². The Hall–Kier alpha value is -2.47. The van der Waals surface area contributed by atoms with Gasteiger partial charge >= 0.3 is 0 Å². The number of hydrogen-bond acceptors (Lipinski definition) is 4. The Bertz CT molecular complexity index is 855. The number of nitrogens with one attached hydrogen (secondary N) is 1. The van der Waals surface area contributed by atoms with Crippen LogP contribution in [0.1, 0.15) is 22.3 Å². The molecule has 1 amide bonds. The second-order valence-electron chi connectivity index (χ2n) is 4.85. The van der Waals surface area contributed by atoms with Gasteiger partial charge in [-0.1, -0.05) is 24.3 Å². The molecular weight excluding hydrogens is 298 g/mol. The zero-order chi connectivity index (χ0) is 15.5. The van der Waals surface area contributed by atoms with Crippen molar-refractivity contribution >= 4 is 28.0 Å². The minimum absolute atomic E-state index is 0.177. The average Bonchev–Trinajstić information content (AvgIpc) is 3.06. The van der Waals surface area contributed by atoms with Crippen LogP contribution < -0.4 is 5.56 Å². The maximum Gasteiger partial charge on any atom is 0.275 e. The van der Waals surface area contributed by atoms with Crippen molar-refractivity contribution in [2.75, 3.05) is 6.54 Å². The van der Waals surface area contributed by atoms with Crippen LogP contribution in [0, 0.1) is 0 Å². The number of thiophene rings is 1. The number of fused-ring (bicyclic) bond motifs is 1. The molecule has 22 heavy (non-hydrogen) atoms. The summed E-state index contributed by atoms with van der Waals surface area (Å²) in [5.74, 6) is -0.177. The third-order valence-electron chi connectivity index (χ3n) is 3.49. The molecule has 2 aromatic heterocycles. The van der Waals surface area contributed by atoms with E-state index in [0.29, 0.717) is 23.9 Å². The number of nitrogens with zero attached hydrogens (tertiary/aromatic N) is 2. The van der Waals surface area contributed by atoms with Gasteiger partial charge in [0.2, 0.25) is 0 Å². The third kappa shape index (κ3) is 2.65. The molecule has 3 aromatic rings. The summed E-state index contributed by atoms with van der Waals surface area (Å²) in [4.78, 5) is 27.4. The Balaban J connectivity index is 2.00. The Morgan fingerprint density at radius 3 is 2.68 bits per heavy atom. The first-order valence-corrected chi connectivity index (χ1v) is 7.87. The van der Waals surface area contributed by atoms with Gasteiger partial charge in [0.05, 0.1) is 11.9 Å². The van der Waals surface area contributed by atoms with Gasteiger partial charge in [-0.25, -0.2) is 5.10 Å². The highest BCUT2D eigenvalue weighted by molar-refractivity contribution is 7.09. The number of hydrogen-bond donors (Lipinski definition) is 1. The monoisotopic (exact) mass is 313 g/mol. The first-order valence-electron chi connectivity index (χ1n) is 6.99. The van der Waals surface area contributed by atoms with Crippen LogP contribution in [-0.2, 0) is 6.54 Å². The average molecular weight is 313 g/mol. The summed E-state index contributed by atoms with van der Waals surface area (Å²) in [6.07, 6.45) is 0. The van der Waals surface area contributed by atoms with Crippen molar-refractivity contribution < 1.29 is 4.79 Å². The predicted molar refractivity (Wildman–Crippen MR) is 87.1 cm³/mol. The molecule has 3 rings (SSSR count). The smallest absolute Gasteiger partial charge is 0.275 e. The summed E-state index contributed by atoms with van der Waals surface area (Å²) >= 11 is 1.61. The lowest BCUT2D eigenvalue weighted by Crippen LogP contribution is -2.31. The fourth-order valence-corrected chi connectivity index (χ4v) is 3.06. The highest BCUT2D eigenvalue weighted by atomic mass is 32.1. The van der Waals surface area contributed by atoms with Crippen LogP contribution in [0.25, 0.3) is 10.8 Å². The van der Waals surface area contributed by atoms with E-state index in [4.69, 9.17) is 0 Å². The van der Waals surface area contributed by atoms with E-state index in [1.807, 2.05) is 24.4 Å². The number of aromatic nitrogens is 2. The van der Waals surface area contributed by atoms with Crippen molar-refractivity contribution in [1.82, 2.24) is 15.1 Å². The van der Waals surface area contributed by atoms with Crippen LogP contribution >= 0.6 is 11.3 Å². The number of carbonyl (C=O) groups is 1. The minimum Gasteiger partial charge on any atom is -0.332 e. The predicted octanol–water partition coefficient (Wildman–Crippen LogP) is 2.65. The van der Waals surface area contributed by atoms with E-state index < -0.39 is 0 Å². The standard InChI is InChI=1S/C16H15N3O2S/c1-2-19(10-11-6-5-9-22-11)16(21)14-12-7-3-4-8-13(12)15(20)18-17-14/h3-9H,2,10H2,1H3,(H,18,20). The lowest BCUT2D eigenvalue weighted by Gasteiger charge is -2.20. The first-order chi connectivity index (χ1) is 10.7. The first kappa shape index (κ1) is 14.5. The van der Waals surface area contributed by atoms with Gasteiger partial charge in [0, 0.05) is 16.8 Å². The highest BCUT2D eigenvalue weighted by Gasteiger charge is 2.20. The van der Waals surface area contributed by atoms with E-state index in [0.717, 1.165) is 4.88 Å². The molecule has 0 saturated carbocycles. The molecule has 0 aliphatic heterocycles. The Labute approximate surface area is 131 Å². The number of amides is 1. The maximum atomic E-state index is 12.8. The van der Waals surface area contributed by atoms with E-state index in [-0.39, 0.29) is 17.2 Å². The normalized spacial score (nSPS) is 10.8. The van der Waals surface area contributed by atoms with Crippen LogP contribution in [0.5, 0.6) is 0 Å². The van der Waals surface area contributed by atoms with Gasteiger partial charge in [-0.2, -0.15) is 5.10 Å². The summed E-state index contributed by atoms with van der Waals surface area (Å²) in [5.41, 5.74) is 0.00191. The van der Waals surface area contributed by atoms with E-state index in [1.165, 1.54) is 0 Å². The van der Waals surface area contributed by atoms with Gasteiger partial charge in [0.15, 0.2) is 5.69 Å². The third-order valence-corrected chi connectivity index (χ3v) is 4.36. The zero-order valence-electron chi connectivity index (χ0n) is 12.1. The quantitative estimate of drug-likeness (QED) is 0.805. The van der Waals surface area contributed by atoms with E-state index in [9.17, 15) is 9.59 Å². The second-order valence-corrected chi connectivity index (χ2v) is 5.88. The zero-order valence-corrected chi connectivity index (χ0v) is 12.9. The molecule has 6 heteroatoms. The van der Waals surface area contributed by atoms with E-state index >= 15 is 0 Å². The van der Waals surface area contributed by atoms with E-state index in [2.05, 4.69) is 10.2 Å². The van der Waals surface area contributed by atoms with Crippen molar-refractivity contribution in [3.8, 4) is 0 Å². The van der Waals surface area contributed by atoms with Crippen LogP contribution in [0.3, 0.4) is 0 Å². The second kappa shape index (κ2) is 6.11. The molecule has 2 heterocycles. The van der Waals surface area contributed by atoms with Crippen LogP contribution in [0.4, 0.5) is 0 Å². The molecule has 1 N–H and O–H groups in total. The lowest BCUT2D eigenvalue weighted by molar-refractivity contribution is 0.0749. The van der Waals surface area contributed by atoms with Crippen molar-refractivity contribution in [3.05, 3.63) is 62.7 Å². The number of carbonyl (C=O) groups excluding carboxylic acids is 1. The number of benzene rings is 1. The summed E-state index contributed by atoms with van der Waals surface area (Å²) < 4.78 is 0. The molecule has 0 aliphatic carbocycles. The molecule has 1 aromatic carbocycles. The molecule has 0 aliphatic rings. The Morgan fingerprint density at radius 1 is 1.23 bits per heavy atom. The van der Waals surface area contributed by atoms with Crippen LogP contribution in [0.15, 0.2) is 46.6 Å². The topological polar surface area (TPSA) is 66.1 Å². The fourth-order valence-electron chi connectivity index (χ4n) is 2.35. The lowest BCUT2D eigenvalue weighted by atomic mass is 10.1. The van der Waals surface area contributed by atoms with E-state index in [1.54, 1.807) is 40.5 Å². The fraction of sp³-hybridized carbons (Fsp3) is 0.188. The Kier molecular flexibility index (Phi) is 4.02. The Morgan fingerprint density at radius 2 is 2.00 bits per heavy atom. The molecule has 5 nitrogen and oxygen atoms in total. The van der Waals surface area contributed by atoms with Gasteiger partial charge in [-0.15, -0.1) is 11.3 Å². The van der Waals surface area contributed by atoms with Gasteiger partial charge < -0.3 is 4.90 Å². The van der Waals surface area contributed by atoms with Crippen molar-refractivity contribution in [2.24, 2.45) is 0 Å². The number of aromatic amines is 1. The van der Waals surface area contributed by atoms with Crippen molar-refractivity contribution in [1.29, 1.82) is 0 Å². The molecule has 0 radical (unpaired) electrons. The summed E-state index contributed by atoms with van der Waals surface area (Å²) in [6, 6.07) is 11.0. The van der Waals surface area contributed by atoms with Gasteiger partial charge in [-0.3, -0.25) is 9.59 Å². The number of rotatable bonds is 4. The minimum atomic E-state index is -0.284. The highest BCUT2D eigenvalue weighted by Crippen LogP contribution is 2.17. The van der Waals surface area contributed by atoms with Gasteiger partial charge in [0.1, 0.15) is 0 Å². The van der Waals surface area contributed by atoms with Crippen molar-refractivity contribution in [2.45, 2.75) is 13.5 Å². The largest absolute Gasteiger partial charge is 0.332 e. The molecule has 0 unspecified atom stereocenters. The summed E-state index contributed by atoms with van der Waals surface area (Å²) in [7, 11) is 0. The molecule has 0 atom stereocenters. The SMILES string of the molecule is CCN(Cc1cccs1)C(=O)c1n[nH]c(=O)c2ccccc12. The maximum absolute atomic E-state index is 12.8. The molecule has 0 spiro atoms. The molecule has 0 saturated heterocycles. The summed E-state index contributed by atoms with van der Waals surface area (Å²) in [6.45, 7) is 3.05. The van der Waals surface area contributed by atoms with Crippen molar-refractivity contribution in [3.63, 3.8) is 0 Å². The van der Waals surface area contributed by atoms with Crippen LogP contribution in [0.2, 0.25) is 0 Å². The molecule has 0 fully saturated rings. The number of H-pyrrole nitrogens is 1.